The molecule has 0 saturated heterocycles. The highest BCUT2D eigenvalue weighted by Crippen LogP contribution is 2.16. The fourth-order valence-electron chi connectivity index (χ4n) is 1.43. The van der Waals surface area contributed by atoms with E-state index in [1.165, 1.54) is 29.2 Å². The topological polar surface area (TPSA) is 87.7 Å². The maximum Gasteiger partial charge on any atom is 0.251 e. The number of aromatic nitrogens is 3. The van der Waals surface area contributed by atoms with E-state index in [2.05, 4.69) is 20.3 Å². The Labute approximate surface area is 124 Å². The number of thioether (sulfide) groups is 1. The lowest BCUT2D eigenvalue weighted by Crippen LogP contribution is -2.15. The van der Waals surface area contributed by atoms with Crippen molar-refractivity contribution in [2.24, 2.45) is 0 Å². The second-order valence-corrected chi connectivity index (χ2v) is 5.85. The number of rotatable bonds is 5. The number of anilines is 1. The van der Waals surface area contributed by atoms with Crippen molar-refractivity contribution >= 4 is 34.1 Å². The molecule has 0 aliphatic rings. The minimum Gasteiger partial charge on any atom is -0.301 e. The van der Waals surface area contributed by atoms with Crippen LogP contribution in [-0.2, 0) is 11.2 Å². The van der Waals surface area contributed by atoms with E-state index >= 15 is 0 Å². The molecule has 0 saturated carbocycles. The SMILES string of the molecule is CCc1cc(=O)[nH]c(SCC(=O)Nc2nc(C)cs2)n1. The van der Waals surface area contributed by atoms with E-state index < -0.39 is 0 Å². The van der Waals surface area contributed by atoms with E-state index in [9.17, 15) is 9.59 Å². The monoisotopic (exact) mass is 310 g/mol. The number of hydrogen-bond acceptors (Lipinski definition) is 6. The van der Waals surface area contributed by atoms with Gasteiger partial charge in [-0.2, -0.15) is 0 Å². The zero-order valence-electron chi connectivity index (χ0n) is 11.1. The summed E-state index contributed by atoms with van der Waals surface area (Å²) in [6.07, 6.45) is 0.683. The Morgan fingerprint density at radius 3 is 2.95 bits per heavy atom. The van der Waals surface area contributed by atoms with E-state index in [0.29, 0.717) is 22.4 Å². The first kappa shape index (κ1) is 14.7. The van der Waals surface area contributed by atoms with Gasteiger partial charge in [0.15, 0.2) is 10.3 Å². The predicted octanol–water partition coefficient (Wildman–Crippen LogP) is 1.83. The number of hydrogen-bond donors (Lipinski definition) is 2. The molecule has 2 aromatic rings. The van der Waals surface area contributed by atoms with Gasteiger partial charge in [0.25, 0.3) is 5.56 Å². The van der Waals surface area contributed by atoms with E-state index in [1.807, 2.05) is 19.2 Å². The molecule has 1 amide bonds. The number of aromatic amines is 1. The van der Waals surface area contributed by atoms with Crippen LogP contribution in [0.2, 0.25) is 0 Å². The lowest BCUT2D eigenvalue weighted by atomic mass is 10.3. The van der Waals surface area contributed by atoms with Gasteiger partial charge in [-0.1, -0.05) is 18.7 Å². The average Bonchev–Trinajstić information content (AvgIpc) is 2.81. The Morgan fingerprint density at radius 2 is 2.30 bits per heavy atom. The molecule has 2 heterocycles. The van der Waals surface area contributed by atoms with Crippen molar-refractivity contribution in [2.45, 2.75) is 25.4 Å². The van der Waals surface area contributed by atoms with E-state index in [-0.39, 0.29) is 17.2 Å². The minimum absolute atomic E-state index is 0.172. The molecule has 2 aromatic heterocycles. The van der Waals surface area contributed by atoms with Crippen molar-refractivity contribution in [3.63, 3.8) is 0 Å². The number of amides is 1. The van der Waals surface area contributed by atoms with Crippen LogP contribution in [-0.4, -0.2) is 26.6 Å². The molecule has 0 atom stereocenters. The third-order valence-electron chi connectivity index (χ3n) is 2.34. The van der Waals surface area contributed by atoms with E-state index in [1.54, 1.807) is 0 Å². The first-order valence-electron chi connectivity index (χ1n) is 6.02. The molecule has 0 aliphatic carbocycles. The Hall–Kier alpha value is -1.67. The standard InChI is InChI=1S/C12H14N4O2S2/c1-3-8-4-9(17)15-12(14-8)20-6-10(18)16-11-13-7(2)5-19-11/h4-5H,3,6H2,1-2H3,(H,13,16,18)(H,14,15,17). The Balaban J connectivity index is 1.93. The number of carbonyl (C=O) groups is 1. The van der Waals surface area contributed by atoms with Crippen molar-refractivity contribution < 1.29 is 4.79 Å². The van der Waals surface area contributed by atoms with E-state index in [4.69, 9.17) is 0 Å². The Morgan fingerprint density at radius 1 is 1.50 bits per heavy atom. The fourth-order valence-corrected chi connectivity index (χ4v) is 2.83. The molecule has 0 radical (unpaired) electrons. The first-order chi connectivity index (χ1) is 9.56. The molecule has 0 aliphatic heterocycles. The summed E-state index contributed by atoms with van der Waals surface area (Å²) >= 11 is 2.58. The minimum atomic E-state index is -0.199. The van der Waals surface area contributed by atoms with Crippen LogP contribution in [0.1, 0.15) is 18.3 Å². The van der Waals surface area contributed by atoms with Gasteiger partial charge in [-0.25, -0.2) is 9.97 Å². The van der Waals surface area contributed by atoms with Gasteiger partial charge in [0.2, 0.25) is 5.91 Å². The summed E-state index contributed by atoms with van der Waals surface area (Å²) in [6, 6.07) is 1.46. The molecule has 20 heavy (non-hydrogen) atoms. The highest BCUT2D eigenvalue weighted by molar-refractivity contribution is 7.99. The van der Waals surface area contributed by atoms with Crippen LogP contribution in [0.15, 0.2) is 21.4 Å². The molecular formula is C12H14N4O2S2. The van der Waals surface area contributed by atoms with Gasteiger partial charge in [0, 0.05) is 17.1 Å². The molecule has 2 N–H and O–H groups in total. The molecule has 8 heteroatoms. The second-order valence-electron chi connectivity index (χ2n) is 4.03. The normalized spacial score (nSPS) is 10.5. The van der Waals surface area contributed by atoms with Gasteiger partial charge < -0.3 is 10.3 Å². The number of carbonyl (C=O) groups excluding carboxylic acids is 1. The highest BCUT2D eigenvalue weighted by Gasteiger charge is 2.08. The molecule has 6 nitrogen and oxygen atoms in total. The summed E-state index contributed by atoms with van der Waals surface area (Å²) in [5, 5.41) is 5.61. The first-order valence-corrected chi connectivity index (χ1v) is 7.88. The quantitative estimate of drug-likeness (QED) is 0.650. The Bertz CT molecular complexity index is 665. The molecule has 2 rings (SSSR count). The van der Waals surface area contributed by atoms with Gasteiger partial charge in [0.1, 0.15) is 0 Å². The predicted molar refractivity (Wildman–Crippen MR) is 80.4 cm³/mol. The number of nitrogens with zero attached hydrogens (tertiary/aromatic N) is 2. The van der Waals surface area contributed by atoms with Crippen molar-refractivity contribution in [1.82, 2.24) is 15.0 Å². The maximum atomic E-state index is 11.7. The summed E-state index contributed by atoms with van der Waals surface area (Å²) in [7, 11) is 0. The number of nitrogens with one attached hydrogen (secondary N) is 2. The number of thiazole rings is 1. The zero-order valence-corrected chi connectivity index (χ0v) is 12.7. The van der Waals surface area contributed by atoms with Gasteiger partial charge in [-0.15, -0.1) is 11.3 Å². The van der Waals surface area contributed by atoms with Gasteiger partial charge in [0.05, 0.1) is 11.4 Å². The Kier molecular flexibility index (Phi) is 4.91. The lowest BCUT2D eigenvalue weighted by molar-refractivity contribution is -0.113. The summed E-state index contributed by atoms with van der Waals surface area (Å²) in [4.78, 5) is 34.1. The number of aryl methyl sites for hydroxylation is 2. The second kappa shape index (κ2) is 6.67. The van der Waals surface area contributed by atoms with Crippen LogP contribution >= 0.6 is 23.1 Å². The fraction of sp³-hybridized carbons (Fsp3) is 0.333. The van der Waals surface area contributed by atoms with Gasteiger partial charge in [-0.3, -0.25) is 9.59 Å². The lowest BCUT2D eigenvalue weighted by Gasteiger charge is -2.03. The van der Waals surface area contributed by atoms with Crippen LogP contribution in [0.5, 0.6) is 0 Å². The largest absolute Gasteiger partial charge is 0.301 e. The summed E-state index contributed by atoms with van der Waals surface area (Å²) < 4.78 is 0. The summed E-state index contributed by atoms with van der Waals surface area (Å²) in [5.41, 5.74) is 1.39. The zero-order chi connectivity index (χ0) is 14.5. The van der Waals surface area contributed by atoms with Crippen LogP contribution in [0.25, 0.3) is 0 Å². The summed E-state index contributed by atoms with van der Waals surface area (Å²) in [5.74, 6) is 0.00302. The molecule has 0 aromatic carbocycles. The molecular weight excluding hydrogens is 296 g/mol. The molecule has 0 unspecified atom stereocenters. The molecule has 0 spiro atoms. The summed E-state index contributed by atoms with van der Waals surface area (Å²) in [6.45, 7) is 3.79. The van der Waals surface area contributed by atoms with E-state index in [0.717, 1.165) is 5.69 Å². The molecule has 0 bridgehead atoms. The van der Waals surface area contributed by atoms with Crippen LogP contribution < -0.4 is 10.9 Å². The van der Waals surface area contributed by atoms with Crippen LogP contribution in [0.3, 0.4) is 0 Å². The van der Waals surface area contributed by atoms with Crippen molar-refractivity contribution in [1.29, 1.82) is 0 Å². The molecule has 106 valence electrons. The maximum absolute atomic E-state index is 11.7. The van der Waals surface area contributed by atoms with Crippen LogP contribution in [0.4, 0.5) is 5.13 Å². The van der Waals surface area contributed by atoms with Crippen molar-refractivity contribution in [3.05, 3.63) is 33.2 Å². The molecule has 0 fully saturated rings. The smallest absolute Gasteiger partial charge is 0.251 e. The van der Waals surface area contributed by atoms with Crippen molar-refractivity contribution in [2.75, 3.05) is 11.1 Å². The third-order valence-corrected chi connectivity index (χ3v) is 4.09. The number of H-pyrrole nitrogens is 1. The van der Waals surface area contributed by atoms with Gasteiger partial charge >= 0.3 is 0 Å². The highest BCUT2D eigenvalue weighted by atomic mass is 32.2. The average molecular weight is 310 g/mol. The van der Waals surface area contributed by atoms with Crippen LogP contribution in [0, 0.1) is 6.92 Å². The van der Waals surface area contributed by atoms with Crippen molar-refractivity contribution in [3.8, 4) is 0 Å². The van der Waals surface area contributed by atoms with Gasteiger partial charge in [-0.05, 0) is 13.3 Å². The third kappa shape index (κ3) is 4.17.